The maximum absolute atomic E-state index is 12.6. The van der Waals surface area contributed by atoms with Gasteiger partial charge in [0.15, 0.2) is 6.20 Å². The van der Waals surface area contributed by atoms with Crippen molar-refractivity contribution < 1.29 is 28.1 Å². The number of hydrogen-bond acceptors (Lipinski definition) is 4. The number of halogens is 3. The summed E-state index contributed by atoms with van der Waals surface area (Å²) in [6.07, 6.45) is 2.42. The number of pyridine rings is 1. The summed E-state index contributed by atoms with van der Waals surface area (Å²) in [6.45, 7) is 0. The first kappa shape index (κ1) is 20.8. The SMILES string of the molecule is Cn1ccc2c[nH+]c3c(=O)c(NC=Cc4ccccc4)cc1c23.O=C([O-])C(F)(F)F. The van der Waals surface area contributed by atoms with Gasteiger partial charge in [0.2, 0.25) is 0 Å². The van der Waals surface area contributed by atoms with Crippen LogP contribution in [0.25, 0.3) is 27.9 Å². The van der Waals surface area contributed by atoms with E-state index < -0.39 is 12.1 Å². The summed E-state index contributed by atoms with van der Waals surface area (Å²) in [4.78, 5) is 24.5. The number of rotatable bonds is 3. The molecule has 0 radical (unpaired) electrons. The van der Waals surface area contributed by atoms with Gasteiger partial charge in [-0.05, 0) is 23.8 Å². The average Bonchev–Trinajstić information content (AvgIpc) is 3.13. The van der Waals surface area contributed by atoms with Crippen molar-refractivity contribution in [1.29, 1.82) is 0 Å². The van der Waals surface area contributed by atoms with Crippen molar-refractivity contribution in [1.82, 2.24) is 4.57 Å². The van der Waals surface area contributed by atoms with Crippen LogP contribution in [0.15, 0.2) is 65.9 Å². The van der Waals surface area contributed by atoms with Gasteiger partial charge < -0.3 is 19.8 Å². The quantitative estimate of drug-likeness (QED) is 0.556. The number of aliphatic carboxylic acids is 1. The van der Waals surface area contributed by atoms with Crippen LogP contribution in [-0.4, -0.2) is 16.7 Å². The highest BCUT2D eigenvalue weighted by Gasteiger charge is 2.28. The number of anilines is 1. The summed E-state index contributed by atoms with van der Waals surface area (Å²) in [6, 6.07) is 13.9. The lowest BCUT2D eigenvalue weighted by Crippen LogP contribution is -2.37. The Kier molecular flexibility index (Phi) is 5.72. The van der Waals surface area contributed by atoms with Crippen LogP contribution in [0.3, 0.4) is 0 Å². The molecule has 0 spiro atoms. The van der Waals surface area contributed by atoms with Gasteiger partial charge in [-0.2, -0.15) is 13.2 Å². The lowest BCUT2D eigenvalue weighted by molar-refractivity contribution is -0.344. The van der Waals surface area contributed by atoms with Crippen LogP contribution in [0.2, 0.25) is 0 Å². The second-order valence-electron chi connectivity index (χ2n) is 6.37. The van der Waals surface area contributed by atoms with Gasteiger partial charge in [-0.3, -0.25) is 4.79 Å². The predicted octanol–water partition coefficient (Wildman–Crippen LogP) is 2.33. The Hall–Kier alpha value is -3.88. The van der Waals surface area contributed by atoms with E-state index in [1.807, 2.05) is 72.5 Å². The standard InChI is InChI=1S/C19H15N3O.C2HF3O2/c1-22-10-8-14-12-21-18-17(14)16(22)11-15(19(18)23)20-9-7-13-5-3-2-4-6-13;3-2(4,5)1(6)7/h2-12,20H,1H3;(H,6,7). The molecule has 154 valence electrons. The first-order valence-electron chi connectivity index (χ1n) is 8.71. The van der Waals surface area contributed by atoms with Crippen LogP contribution in [-0.2, 0) is 11.8 Å². The number of carbonyl (C=O) groups is 1. The molecular formula is C21H16F3N3O3. The zero-order chi connectivity index (χ0) is 21.9. The van der Waals surface area contributed by atoms with Crippen molar-refractivity contribution in [2.75, 3.05) is 5.32 Å². The third-order valence-electron chi connectivity index (χ3n) is 4.32. The van der Waals surface area contributed by atoms with Crippen molar-refractivity contribution in [2.24, 2.45) is 7.05 Å². The van der Waals surface area contributed by atoms with Crippen molar-refractivity contribution in [3.63, 3.8) is 0 Å². The van der Waals surface area contributed by atoms with Gasteiger partial charge in [0.1, 0.15) is 5.97 Å². The predicted molar refractivity (Wildman–Crippen MR) is 105 cm³/mol. The van der Waals surface area contributed by atoms with Crippen LogP contribution in [0.5, 0.6) is 0 Å². The molecular weight excluding hydrogens is 399 g/mol. The number of nitrogens with one attached hydrogen (secondary N) is 2. The molecule has 30 heavy (non-hydrogen) atoms. The molecule has 0 aliphatic carbocycles. The fourth-order valence-corrected chi connectivity index (χ4v) is 2.88. The number of carboxylic acids is 1. The third-order valence-corrected chi connectivity index (χ3v) is 4.32. The number of nitrogens with zero attached hydrogens (tertiary/aromatic N) is 1. The van der Waals surface area contributed by atoms with Gasteiger partial charge >= 0.3 is 6.18 Å². The highest BCUT2D eigenvalue weighted by atomic mass is 19.4. The van der Waals surface area contributed by atoms with Crippen molar-refractivity contribution in [3.05, 3.63) is 76.8 Å². The van der Waals surface area contributed by atoms with E-state index in [1.54, 1.807) is 6.20 Å². The van der Waals surface area contributed by atoms with Crippen LogP contribution in [0, 0.1) is 0 Å². The maximum atomic E-state index is 12.6. The molecule has 0 atom stereocenters. The molecule has 9 heteroatoms. The number of carbonyl (C=O) groups excluding carboxylic acids is 1. The second kappa shape index (κ2) is 8.24. The summed E-state index contributed by atoms with van der Waals surface area (Å²) < 4.78 is 33.6. The number of hydrogen-bond donors (Lipinski definition) is 1. The van der Waals surface area contributed by atoms with Crippen LogP contribution in [0.4, 0.5) is 18.9 Å². The molecule has 0 saturated carbocycles. The largest absolute Gasteiger partial charge is 0.542 e. The Morgan fingerprint density at radius 2 is 1.87 bits per heavy atom. The zero-order valence-electron chi connectivity index (χ0n) is 15.7. The summed E-state index contributed by atoms with van der Waals surface area (Å²) in [5, 5.41) is 13.9. The van der Waals surface area contributed by atoms with Gasteiger partial charge in [0.05, 0.1) is 22.0 Å². The summed E-state index contributed by atoms with van der Waals surface area (Å²) in [5.41, 5.74) is 3.29. The number of aromatic nitrogens is 2. The van der Waals surface area contributed by atoms with Crippen LogP contribution >= 0.6 is 0 Å². The smallest absolute Gasteiger partial charge is 0.430 e. The fourth-order valence-electron chi connectivity index (χ4n) is 2.88. The summed E-state index contributed by atoms with van der Waals surface area (Å²) in [7, 11) is 1.98. The Balaban J connectivity index is 0.000000318. The van der Waals surface area contributed by atoms with Crippen LogP contribution in [0.1, 0.15) is 5.56 Å². The van der Waals surface area contributed by atoms with Gasteiger partial charge in [-0.1, -0.05) is 30.3 Å². The van der Waals surface area contributed by atoms with Crippen molar-refractivity contribution in [3.8, 4) is 0 Å². The van der Waals surface area contributed by atoms with Gasteiger partial charge in [0.25, 0.3) is 10.9 Å². The van der Waals surface area contributed by atoms with E-state index in [0.29, 0.717) is 11.2 Å². The molecule has 6 nitrogen and oxygen atoms in total. The highest BCUT2D eigenvalue weighted by Crippen LogP contribution is 2.24. The monoisotopic (exact) mass is 415 g/mol. The zero-order valence-corrected chi connectivity index (χ0v) is 15.7. The molecule has 4 aromatic rings. The van der Waals surface area contributed by atoms with Gasteiger partial charge in [-0.15, -0.1) is 0 Å². The third kappa shape index (κ3) is 4.40. The molecule has 0 aliphatic heterocycles. The molecule has 4 rings (SSSR count). The lowest BCUT2D eigenvalue weighted by atomic mass is 10.1. The van der Waals surface area contributed by atoms with E-state index in [-0.39, 0.29) is 5.43 Å². The number of aryl methyl sites for hydroxylation is 1. The van der Waals surface area contributed by atoms with E-state index in [1.165, 1.54) is 0 Å². The number of H-pyrrole nitrogens is 1. The van der Waals surface area contributed by atoms with Crippen molar-refractivity contribution >= 4 is 39.5 Å². The minimum absolute atomic E-state index is 0.0172. The molecule has 2 N–H and O–H groups in total. The summed E-state index contributed by atoms with van der Waals surface area (Å²) >= 11 is 0. The summed E-state index contributed by atoms with van der Waals surface area (Å²) in [5.74, 6) is -3.01. The first-order chi connectivity index (χ1) is 14.2. The molecule has 2 aromatic carbocycles. The molecule has 2 heterocycles. The Morgan fingerprint density at radius 3 is 2.50 bits per heavy atom. The lowest BCUT2D eigenvalue weighted by Gasteiger charge is -2.06. The van der Waals surface area contributed by atoms with Crippen molar-refractivity contribution in [2.45, 2.75) is 6.18 Å². The number of aromatic amines is 1. The van der Waals surface area contributed by atoms with E-state index in [2.05, 4.69) is 10.3 Å². The minimum Gasteiger partial charge on any atom is -0.542 e. The van der Waals surface area contributed by atoms with Gasteiger partial charge in [-0.25, -0.2) is 4.98 Å². The Bertz CT molecular complexity index is 1270. The molecule has 0 bridgehead atoms. The molecule has 0 unspecified atom stereocenters. The highest BCUT2D eigenvalue weighted by molar-refractivity contribution is 6.07. The van der Waals surface area contributed by atoms with E-state index in [0.717, 1.165) is 21.9 Å². The topological polar surface area (TPSA) is 88.3 Å². The molecule has 0 saturated heterocycles. The number of benzene rings is 2. The first-order valence-corrected chi connectivity index (χ1v) is 8.71. The van der Waals surface area contributed by atoms with E-state index in [4.69, 9.17) is 9.90 Å². The Labute approximate surface area is 168 Å². The molecule has 2 aromatic heterocycles. The Morgan fingerprint density at radius 1 is 1.20 bits per heavy atom. The maximum Gasteiger partial charge on any atom is 0.430 e. The second-order valence-corrected chi connectivity index (χ2v) is 6.37. The fraction of sp³-hybridized carbons (Fsp3) is 0.0952. The molecule has 0 aliphatic rings. The normalized spacial score (nSPS) is 11.6. The molecule has 0 amide bonds. The van der Waals surface area contributed by atoms with Gasteiger partial charge in [0, 0.05) is 19.4 Å². The number of carboxylic acid groups (broad SMARTS) is 1. The molecule has 0 fully saturated rings. The number of alkyl halides is 3. The van der Waals surface area contributed by atoms with E-state index >= 15 is 0 Å². The minimum atomic E-state index is -5.19. The van der Waals surface area contributed by atoms with E-state index in [9.17, 15) is 18.0 Å². The van der Waals surface area contributed by atoms with Crippen LogP contribution < -0.4 is 20.8 Å². The average molecular weight is 415 g/mol.